The number of carbonyl (C=O) groups is 3. The highest BCUT2D eigenvalue weighted by Crippen LogP contribution is 2.15. The van der Waals surface area contributed by atoms with E-state index in [-0.39, 0.29) is 11.7 Å². The van der Waals surface area contributed by atoms with Crippen LogP contribution in [-0.4, -0.2) is 40.0 Å². The Bertz CT molecular complexity index is 850. The number of carbonyl (C=O) groups excluding carboxylic acids is 3. The number of esters is 1. The second-order valence-electron chi connectivity index (χ2n) is 6.44. The monoisotopic (exact) mass is 419 g/mol. The van der Waals surface area contributed by atoms with Gasteiger partial charge in [-0.3, -0.25) is 14.4 Å². The van der Waals surface area contributed by atoms with Crippen LogP contribution in [0.1, 0.15) is 32.1 Å². The van der Waals surface area contributed by atoms with Crippen molar-refractivity contribution in [2.45, 2.75) is 45.5 Å². The van der Waals surface area contributed by atoms with E-state index in [1.165, 1.54) is 6.92 Å². The lowest BCUT2D eigenvalue weighted by Crippen LogP contribution is -2.31. The lowest BCUT2D eigenvalue weighted by molar-refractivity contribution is -0.150. The number of hydrogen-bond donors (Lipinski definition) is 2. The fourth-order valence-electron chi connectivity index (χ4n) is 2.27. The van der Waals surface area contributed by atoms with Gasteiger partial charge < -0.3 is 19.9 Å². The van der Waals surface area contributed by atoms with E-state index in [1.54, 1.807) is 32.0 Å². The molecule has 29 heavy (non-hydrogen) atoms. The van der Waals surface area contributed by atoms with Crippen molar-refractivity contribution in [2.24, 2.45) is 0 Å². The van der Waals surface area contributed by atoms with E-state index in [2.05, 4.69) is 15.8 Å². The van der Waals surface area contributed by atoms with Crippen molar-refractivity contribution in [1.29, 1.82) is 0 Å². The highest BCUT2D eigenvalue weighted by Gasteiger charge is 2.21. The molecule has 9 heteroatoms. The number of anilines is 2. The van der Waals surface area contributed by atoms with Gasteiger partial charge in [0.1, 0.15) is 5.76 Å². The summed E-state index contributed by atoms with van der Waals surface area (Å²) < 4.78 is 10.0. The molecule has 0 saturated carbocycles. The van der Waals surface area contributed by atoms with E-state index in [4.69, 9.17) is 9.26 Å². The molecule has 0 aliphatic carbocycles. The average Bonchev–Trinajstić information content (AvgIpc) is 3.11. The first-order valence-corrected chi connectivity index (χ1v) is 10.3. The highest BCUT2D eigenvalue weighted by atomic mass is 32.2. The lowest BCUT2D eigenvalue weighted by Gasteiger charge is -2.15. The summed E-state index contributed by atoms with van der Waals surface area (Å²) in [5.41, 5.74) is 1.80. The summed E-state index contributed by atoms with van der Waals surface area (Å²) in [6, 6.07) is 9.06. The second kappa shape index (κ2) is 10.7. The minimum absolute atomic E-state index is 0.0603. The van der Waals surface area contributed by atoms with Gasteiger partial charge in [-0.05, 0) is 44.9 Å². The molecule has 2 N–H and O–H groups in total. The van der Waals surface area contributed by atoms with Crippen molar-refractivity contribution < 1.29 is 23.6 Å². The lowest BCUT2D eigenvalue weighted by atomic mass is 10.1. The zero-order chi connectivity index (χ0) is 21.4. The summed E-state index contributed by atoms with van der Waals surface area (Å²) in [5, 5.41) is 8.48. The molecular weight excluding hydrogens is 394 g/mol. The van der Waals surface area contributed by atoms with Gasteiger partial charge in [0.05, 0.1) is 11.0 Å². The largest absolute Gasteiger partial charge is 0.452 e. The van der Waals surface area contributed by atoms with E-state index in [9.17, 15) is 14.4 Å². The van der Waals surface area contributed by atoms with Crippen LogP contribution >= 0.6 is 11.8 Å². The van der Waals surface area contributed by atoms with E-state index in [0.717, 1.165) is 23.7 Å². The summed E-state index contributed by atoms with van der Waals surface area (Å²) in [6.07, 6.45) is -0.0367. The molecule has 2 amide bonds. The summed E-state index contributed by atoms with van der Waals surface area (Å²) in [7, 11) is 0. The number of hydrogen-bond acceptors (Lipinski definition) is 7. The van der Waals surface area contributed by atoms with E-state index in [0.29, 0.717) is 17.3 Å². The minimum Gasteiger partial charge on any atom is -0.452 e. The van der Waals surface area contributed by atoms with Crippen molar-refractivity contribution in [3.63, 3.8) is 0 Å². The minimum atomic E-state index is -0.948. The molecule has 0 unspecified atom stereocenters. The molecule has 0 aliphatic rings. The number of nitrogens with zero attached hydrogens (tertiary/aromatic N) is 1. The van der Waals surface area contributed by atoms with Gasteiger partial charge in [-0.15, -0.1) is 11.8 Å². The predicted octanol–water partition coefficient (Wildman–Crippen LogP) is 3.18. The zero-order valence-corrected chi connectivity index (χ0v) is 17.7. The van der Waals surface area contributed by atoms with Gasteiger partial charge in [0.15, 0.2) is 11.9 Å². The highest BCUT2D eigenvalue weighted by molar-refractivity contribution is 8.01. The fraction of sp³-hybridized carbons (Fsp3) is 0.400. The number of nitrogens with one attached hydrogen (secondary N) is 2. The zero-order valence-electron chi connectivity index (χ0n) is 16.9. The second-order valence-corrected chi connectivity index (χ2v) is 7.77. The number of aromatic nitrogens is 1. The number of benzene rings is 1. The molecule has 156 valence electrons. The van der Waals surface area contributed by atoms with Crippen LogP contribution in [0.15, 0.2) is 34.9 Å². The third-order valence-corrected chi connectivity index (χ3v) is 5.12. The van der Waals surface area contributed by atoms with Crippen LogP contribution in [-0.2, 0) is 25.5 Å². The predicted molar refractivity (Wildman–Crippen MR) is 112 cm³/mol. The Labute approximate surface area is 173 Å². The van der Waals surface area contributed by atoms with Crippen LogP contribution in [0.5, 0.6) is 0 Å². The summed E-state index contributed by atoms with van der Waals surface area (Å²) in [5.74, 6) is -0.458. The molecule has 2 aromatic rings. The molecule has 1 heterocycles. The van der Waals surface area contributed by atoms with Crippen LogP contribution in [0.3, 0.4) is 0 Å². The molecular formula is C20H25N3O5S. The van der Waals surface area contributed by atoms with Crippen molar-refractivity contribution in [3.8, 4) is 0 Å². The number of amides is 2. The number of rotatable bonds is 9. The summed E-state index contributed by atoms with van der Waals surface area (Å²) in [6.45, 7) is 6.93. The van der Waals surface area contributed by atoms with Crippen LogP contribution in [0.4, 0.5) is 11.5 Å². The standard InChI is InChI=1S/C20H25N3O5S/c1-5-15-6-8-16(9-7-15)21-19(25)13(3)27-18(24)11-29-14(4)20(26)22-17-10-12(2)28-23-17/h6-10,13-14H,5,11H2,1-4H3,(H,21,25)(H,22,23,26)/t13-,14-/m1/s1. The van der Waals surface area contributed by atoms with Crippen molar-refractivity contribution >= 4 is 41.1 Å². The van der Waals surface area contributed by atoms with Gasteiger partial charge in [-0.25, -0.2) is 0 Å². The first kappa shape index (κ1) is 22.5. The molecule has 8 nitrogen and oxygen atoms in total. The topological polar surface area (TPSA) is 111 Å². The van der Waals surface area contributed by atoms with Crippen LogP contribution in [0.2, 0.25) is 0 Å². The average molecular weight is 420 g/mol. The molecule has 1 aromatic carbocycles. The molecule has 2 atom stereocenters. The molecule has 0 bridgehead atoms. The maximum Gasteiger partial charge on any atom is 0.316 e. The molecule has 0 saturated heterocycles. The maximum absolute atomic E-state index is 12.2. The Morgan fingerprint density at radius 1 is 1.14 bits per heavy atom. The van der Waals surface area contributed by atoms with Gasteiger partial charge >= 0.3 is 5.97 Å². The van der Waals surface area contributed by atoms with E-state index < -0.39 is 23.2 Å². The van der Waals surface area contributed by atoms with E-state index >= 15 is 0 Å². The van der Waals surface area contributed by atoms with E-state index in [1.807, 2.05) is 19.1 Å². The van der Waals surface area contributed by atoms with Gasteiger partial charge in [-0.2, -0.15) is 0 Å². The van der Waals surface area contributed by atoms with Gasteiger partial charge in [-0.1, -0.05) is 24.2 Å². The molecule has 0 radical (unpaired) electrons. The third kappa shape index (κ3) is 7.26. The van der Waals surface area contributed by atoms with Crippen LogP contribution in [0.25, 0.3) is 0 Å². The first-order chi connectivity index (χ1) is 13.8. The van der Waals surface area contributed by atoms with Crippen LogP contribution < -0.4 is 10.6 Å². The normalized spacial score (nSPS) is 12.7. The maximum atomic E-state index is 12.2. The van der Waals surface area contributed by atoms with Crippen molar-refractivity contribution in [1.82, 2.24) is 5.16 Å². The SMILES string of the molecule is CCc1ccc(NC(=O)[C@@H](C)OC(=O)CS[C@H](C)C(=O)Nc2cc(C)on2)cc1. The Kier molecular flexibility index (Phi) is 8.26. The molecule has 0 spiro atoms. The Hall–Kier alpha value is -2.81. The molecule has 0 fully saturated rings. The Balaban J connectivity index is 1.73. The van der Waals surface area contributed by atoms with Gasteiger partial charge in [0.2, 0.25) is 5.91 Å². The number of aryl methyl sites for hydroxylation is 2. The summed E-state index contributed by atoms with van der Waals surface area (Å²) >= 11 is 1.10. The Morgan fingerprint density at radius 2 is 1.83 bits per heavy atom. The summed E-state index contributed by atoms with van der Waals surface area (Å²) in [4.78, 5) is 36.3. The number of thioether (sulfide) groups is 1. The van der Waals surface area contributed by atoms with Crippen LogP contribution in [0, 0.1) is 6.92 Å². The van der Waals surface area contributed by atoms with Gasteiger partial charge in [0.25, 0.3) is 5.91 Å². The first-order valence-electron chi connectivity index (χ1n) is 9.23. The number of ether oxygens (including phenoxy) is 1. The quantitative estimate of drug-likeness (QED) is 0.601. The molecule has 1 aromatic heterocycles. The van der Waals surface area contributed by atoms with Gasteiger partial charge in [0, 0.05) is 11.8 Å². The third-order valence-electron chi connectivity index (χ3n) is 4.01. The smallest absolute Gasteiger partial charge is 0.316 e. The van der Waals surface area contributed by atoms with Crippen molar-refractivity contribution in [2.75, 3.05) is 16.4 Å². The fourth-order valence-corrected chi connectivity index (χ4v) is 2.94. The Morgan fingerprint density at radius 3 is 2.41 bits per heavy atom. The molecule has 2 rings (SSSR count). The molecule has 0 aliphatic heterocycles. The van der Waals surface area contributed by atoms with Crippen molar-refractivity contribution in [3.05, 3.63) is 41.7 Å².